The first-order valence-electron chi connectivity index (χ1n) is 9.60. The zero-order valence-electron chi connectivity index (χ0n) is 15.7. The highest BCUT2D eigenvalue weighted by Crippen LogP contribution is 2.22. The van der Waals surface area contributed by atoms with E-state index in [4.69, 9.17) is 0 Å². The van der Waals surface area contributed by atoms with Crippen LogP contribution in [-0.4, -0.2) is 39.5 Å². The van der Waals surface area contributed by atoms with E-state index in [1.54, 1.807) is 4.57 Å². The van der Waals surface area contributed by atoms with Crippen molar-refractivity contribution >= 4 is 29.0 Å². The van der Waals surface area contributed by atoms with Crippen molar-refractivity contribution in [2.45, 2.75) is 50.7 Å². The van der Waals surface area contributed by atoms with Crippen molar-refractivity contribution in [2.75, 3.05) is 29.1 Å². The van der Waals surface area contributed by atoms with Gasteiger partial charge in [0.15, 0.2) is 5.16 Å². The fourth-order valence-corrected chi connectivity index (χ4v) is 3.93. The van der Waals surface area contributed by atoms with Crippen molar-refractivity contribution < 1.29 is 4.79 Å². The lowest BCUT2D eigenvalue weighted by Crippen LogP contribution is -2.29. The van der Waals surface area contributed by atoms with Gasteiger partial charge in [-0.25, -0.2) is 9.89 Å². The first-order valence-corrected chi connectivity index (χ1v) is 10.6. The summed E-state index contributed by atoms with van der Waals surface area (Å²) in [6, 6.07) is 8.00. The van der Waals surface area contributed by atoms with Gasteiger partial charge in [0, 0.05) is 31.0 Å². The van der Waals surface area contributed by atoms with Gasteiger partial charge in [0.25, 0.3) is 0 Å². The number of carbonyl (C=O) groups excluding carboxylic acids is 1. The first kappa shape index (κ1) is 19.5. The maximum atomic E-state index is 12.2. The summed E-state index contributed by atoms with van der Waals surface area (Å²) in [7, 11) is 0. The maximum absolute atomic E-state index is 12.2. The average molecular weight is 390 g/mol. The Balaban J connectivity index is 1.51. The van der Waals surface area contributed by atoms with Crippen molar-refractivity contribution in [1.29, 1.82) is 0 Å². The summed E-state index contributed by atoms with van der Waals surface area (Å²) in [4.78, 5) is 26.4. The van der Waals surface area contributed by atoms with Crippen LogP contribution < -0.4 is 15.9 Å². The third kappa shape index (κ3) is 5.38. The van der Waals surface area contributed by atoms with E-state index in [-0.39, 0.29) is 17.3 Å². The number of hydrogen-bond donors (Lipinski definition) is 2. The number of nitrogens with one attached hydrogen (secondary N) is 2. The molecule has 1 aromatic heterocycles. The van der Waals surface area contributed by atoms with Crippen LogP contribution in [0.1, 0.15) is 39.0 Å². The van der Waals surface area contributed by atoms with Crippen molar-refractivity contribution in [3.63, 3.8) is 0 Å². The Morgan fingerprint density at radius 1 is 1.22 bits per heavy atom. The van der Waals surface area contributed by atoms with Crippen molar-refractivity contribution in [3.05, 3.63) is 34.7 Å². The molecule has 0 radical (unpaired) electrons. The van der Waals surface area contributed by atoms with Gasteiger partial charge < -0.3 is 10.2 Å². The molecule has 1 amide bonds. The van der Waals surface area contributed by atoms with E-state index in [1.807, 2.05) is 12.1 Å². The number of hydrogen-bond acceptors (Lipinski definition) is 5. The summed E-state index contributed by atoms with van der Waals surface area (Å²) in [6.45, 7) is 4.90. The van der Waals surface area contributed by atoms with Gasteiger partial charge in [-0.15, -0.1) is 5.10 Å². The van der Waals surface area contributed by atoms with Gasteiger partial charge in [-0.05, 0) is 49.9 Å². The highest BCUT2D eigenvalue weighted by Gasteiger charge is 2.13. The van der Waals surface area contributed by atoms with Crippen LogP contribution in [0.2, 0.25) is 0 Å². The Kier molecular flexibility index (Phi) is 6.98. The van der Waals surface area contributed by atoms with Crippen LogP contribution >= 0.6 is 11.8 Å². The normalized spacial score (nSPS) is 14.3. The Bertz CT molecular complexity index is 793. The molecule has 146 valence electrons. The van der Waals surface area contributed by atoms with E-state index in [1.165, 1.54) is 36.7 Å². The molecule has 1 aliphatic heterocycles. The van der Waals surface area contributed by atoms with E-state index < -0.39 is 0 Å². The molecule has 2 N–H and O–H groups in total. The topological polar surface area (TPSA) is 83.0 Å². The summed E-state index contributed by atoms with van der Waals surface area (Å²) in [5, 5.41) is 9.94. The summed E-state index contributed by atoms with van der Waals surface area (Å²) in [5.74, 6) is 0.104. The number of piperidine rings is 1. The van der Waals surface area contributed by atoms with Crippen LogP contribution in [0, 0.1) is 0 Å². The number of benzene rings is 1. The second-order valence-corrected chi connectivity index (χ2v) is 7.69. The van der Waals surface area contributed by atoms with Crippen molar-refractivity contribution in [2.24, 2.45) is 0 Å². The van der Waals surface area contributed by atoms with Gasteiger partial charge in [-0.2, -0.15) is 0 Å². The van der Waals surface area contributed by atoms with Gasteiger partial charge >= 0.3 is 5.69 Å². The molecule has 8 heteroatoms. The van der Waals surface area contributed by atoms with Gasteiger partial charge in [-0.3, -0.25) is 9.36 Å². The summed E-state index contributed by atoms with van der Waals surface area (Å²) >= 11 is 1.27. The number of thioether (sulfide) groups is 1. The van der Waals surface area contributed by atoms with Crippen LogP contribution in [-0.2, 0) is 11.3 Å². The molecule has 0 spiro atoms. The molecule has 0 aliphatic carbocycles. The Hall–Kier alpha value is -2.22. The Labute approximate surface area is 163 Å². The van der Waals surface area contributed by atoms with E-state index in [0.717, 1.165) is 31.6 Å². The summed E-state index contributed by atoms with van der Waals surface area (Å²) < 4.78 is 1.59. The molecule has 0 atom stereocenters. The smallest absolute Gasteiger partial charge is 0.343 e. The number of aromatic nitrogens is 3. The molecule has 0 unspecified atom stereocenters. The van der Waals surface area contributed by atoms with Crippen LogP contribution in [0.15, 0.2) is 34.2 Å². The van der Waals surface area contributed by atoms with Gasteiger partial charge in [0.05, 0.1) is 5.75 Å². The van der Waals surface area contributed by atoms with Gasteiger partial charge in [0.2, 0.25) is 5.91 Å². The minimum Gasteiger partial charge on any atom is -0.372 e. The second-order valence-electron chi connectivity index (χ2n) is 6.75. The molecule has 1 aliphatic rings. The van der Waals surface area contributed by atoms with Crippen molar-refractivity contribution in [1.82, 2.24) is 14.8 Å². The van der Waals surface area contributed by atoms with Crippen LogP contribution in [0.3, 0.4) is 0 Å². The fraction of sp³-hybridized carbons (Fsp3) is 0.526. The Morgan fingerprint density at radius 2 is 1.96 bits per heavy atom. The van der Waals surface area contributed by atoms with Crippen LogP contribution in [0.25, 0.3) is 0 Å². The molecule has 2 heterocycles. The molecular formula is C19H27N5O2S. The highest BCUT2D eigenvalue weighted by atomic mass is 32.2. The zero-order chi connectivity index (χ0) is 19.1. The van der Waals surface area contributed by atoms with E-state index in [9.17, 15) is 9.59 Å². The fourth-order valence-electron chi connectivity index (χ4n) is 3.16. The standard InChI is InChI=1S/C19H27N5O2S/c1-2-3-13-24-18(26)21-22-19(24)27-14-17(25)20-15-7-9-16(10-8-15)23-11-5-4-6-12-23/h7-10H,2-6,11-14H2,1H3,(H,20,25)(H,21,26). The number of aromatic amines is 1. The second kappa shape index (κ2) is 9.64. The van der Waals surface area contributed by atoms with Crippen LogP contribution in [0.4, 0.5) is 11.4 Å². The number of H-pyrrole nitrogens is 1. The SMILES string of the molecule is CCCCn1c(SCC(=O)Nc2ccc(N3CCCCC3)cc2)n[nH]c1=O. The molecule has 1 aromatic carbocycles. The monoisotopic (exact) mass is 389 g/mol. The molecule has 27 heavy (non-hydrogen) atoms. The maximum Gasteiger partial charge on any atom is 0.343 e. The Morgan fingerprint density at radius 3 is 2.67 bits per heavy atom. The molecular weight excluding hydrogens is 362 g/mol. The summed E-state index contributed by atoms with van der Waals surface area (Å²) in [5.41, 5.74) is 1.77. The number of amides is 1. The van der Waals surface area contributed by atoms with E-state index in [2.05, 4.69) is 39.5 Å². The lowest BCUT2D eigenvalue weighted by Gasteiger charge is -2.28. The minimum absolute atomic E-state index is 0.108. The number of nitrogens with zero attached hydrogens (tertiary/aromatic N) is 3. The average Bonchev–Trinajstić information content (AvgIpc) is 3.05. The third-order valence-corrected chi connectivity index (χ3v) is 5.64. The predicted octanol–water partition coefficient (Wildman–Crippen LogP) is 3.09. The molecule has 2 aromatic rings. The molecule has 1 saturated heterocycles. The predicted molar refractivity (Wildman–Crippen MR) is 110 cm³/mol. The number of unbranched alkanes of at least 4 members (excludes halogenated alkanes) is 1. The largest absolute Gasteiger partial charge is 0.372 e. The zero-order valence-corrected chi connectivity index (χ0v) is 16.6. The van der Waals surface area contributed by atoms with Gasteiger partial charge in [0.1, 0.15) is 0 Å². The van der Waals surface area contributed by atoms with E-state index in [0.29, 0.717) is 11.7 Å². The minimum atomic E-state index is -0.223. The number of anilines is 2. The lowest BCUT2D eigenvalue weighted by molar-refractivity contribution is -0.113. The van der Waals surface area contributed by atoms with Crippen molar-refractivity contribution in [3.8, 4) is 0 Å². The third-order valence-electron chi connectivity index (χ3n) is 4.66. The molecule has 7 nitrogen and oxygen atoms in total. The van der Waals surface area contributed by atoms with E-state index >= 15 is 0 Å². The van der Waals surface area contributed by atoms with Crippen LogP contribution in [0.5, 0.6) is 0 Å². The first-order chi connectivity index (χ1) is 13.2. The lowest BCUT2D eigenvalue weighted by atomic mass is 10.1. The van der Waals surface area contributed by atoms with Gasteiger partial charge in [-0.1, -0.05) is 25.1 Å². The summed E-state index contributed by atoms with van der Waals surface area (Å²) in [6.07, 6.45) is 5.70. The quantitative estimate of drug-likeness (QED) is 0.678. The highest BCUT2D eigenvalue weighted by molar-refractivity contribution is 7.99. The molecule has 1 fully saturated rings. The molecule has 0 bridgehead atoms. The number of carbonyl (C=O) groups is 1. The number of rotatable bonds is 8. The molecule has 3 rings (SSSR count). The molecule has 0 saturated carbocycles.